The maximum absolute atomic E-state index is 13.2. The van der Waals surface area contributed by atoms with Crippen molar-refractivity contribution in [1.82, 2.24) is 4.90 Å². The Morgan fingerprint density at radius 3 is 2.74 bits per heavy atom. The Bertz CT molecular complexity index is 601. The zero-order valence-electron chi connectivity index (χ0n) is 10.3. The van der Waals surface area contributed by atoms with Gasteiger partial charge in [0.05, 0.1) is 17.1 Å². The van der Waals surface area contributed by atoms with E-state index < -0.39 is 21.6 Å². The van der Waals surface area contributed by atoms with Crippen LogP contribution in [0, 0.1) is 5.82 Å². The summed E-state index contributed by atoms with van der Waals surface area (Å²) >= 11 is 0. The van der Waals surface area contributed by atoms with Crippen LogP contribution < -0.4 is 5.73 Å². The SMILES string of the molecule is Nc1ccc(F)cc1C(=O)N1CCCS(=O)(=O)CC1. The van der Waals surface area contributed by atoms with Crippen LogP contribution >= 0.6 is 0 Å². The van der Waals surface area contributed by atoms with Gasteiger partial charge in [-0.15, -0.1) is 0 Å². The molecule has 2 rings (SSSR count). The molecule has 0 saturated carbocycles. The van der Waals surface area contributed by atoms with Crippen molar-refractivity contribution in [3.05, 3.63) is 29.6 Å². The first-order valence-electron chi connectivity index (χ1n) is 5.94. The fourth-order valence-electron chi connectivity index (χ4n) is 2.03. The van der Waals surface area contributed by atoms with E-state index in [0.717, 1.165) is 6.07 Å². The van der Waals surface area contributed by atoms with Crippen molar-refractivity contribution in [2.45, 2.75) is 6.42 Å². The average molecular weight is 286 g/mol. The van der Waals surface area contributed by atoms with E-state index in [1.54, 1.807) is 0 Å². The molecule has 1 aromatic rings. The molecule has 1 heterocycles. The average Bonchev–Trinajstić information content (AvgIpc) is 2.52. The summed E-state index contributed by atoms with van der Waals surface area (Å²) in [6, 6.07) is 3.59. The minimum atomic E-state index is -3.09. The lowest BCUT2D eigenvalue weighted by Crippen LogP contribution is -2.34. The fraction of sp³-hybridized carbons (Fsp3) is 0.417. The summed E-state index contributed by atoms with van der Waals surface area (Å²) in [5.74, 6) is -0.947. The van der Waals surface area contributed by atoms with Gasteiger partial charge in [-0.25, -0.2) is 12.8 Å². The highest BCUT2D eigenvalue weighted by molar-refractivity contribution is 7.91. The molecule has 0 radical (unpaired) electrons. The zero-order chi connectivity index (χ0) is 14.0. The number of hydrogen-bond acceptors (Lipinski definition) is 4. The van der Waals surface area contributed by atoms with Crippen LogP contribution in [-0.2, 0) is 9.84 Å². The molecule has 5 nitrogen and oxygen atoms in total. The Morgan fingerprint density at radius 1 is 1.26 bits per heavy atom. The van der Waals surface area contributed by atoms with E-state index in [1.165, 1.54) is 17.0 Å². The summed E-state index contributed by atoms with van der Waals surface area (Å²) in [5, 5.41) is 0. The largest absolute Gasteiger partial charge is 0.398 e. The third-order valence-electron chi connectivity index (χ3n) is 3.09. The first-order valence-corrected chi connectivity index (χ1v) is 7.76. The summed E-state index contributed by atoms with van der Waals surface area (Å²) in [4.78, 5) is 13.6. The number of benzene rings is 1. The molecular weight excluding hydrogens is 271 g/mol. The second-order valence-electron chi connectivity index (χ2n) is 4.53. The van der Waals surface area contributed by atoms with Gasteiger partial charge in [0, 0.05) is 18.8 Å². The molecular formula is C12H15FN2O3S. The van der Waals surface area contributed by atoms with Crippen LogP contribution in [0.2, 0.25) is 0 Å². The van der Waals surface area contributed by atoms with Gasteiger partial charge < -0.3 is 10.6 Å². The first-order chi connectivity index (χ1) is 8.89. The third kappa shape index (κ3) is 3.23. The smallest absolute Gasteiger partial charge is 0.256 e. The van der Waals surface area contributed by atoms with E-state index in [2.05, 4.69) is 0 Å². The van der Waals surface area contributed by atoms with Gasteiger partial charge in [0.25, 0.3) is 5.91 Å². The number of hydrogen-bond donors (Lipinski definition) is 1. The number of nitrogen functional groups attached to an aromatic ring is 1. The van der Waals surface area contributed by atoms with Crippen LogP contribution in [0.3, 0.4) is 0 Å². The van der Waals surface area contributed by atoms with Crippen molar-refractivity contribution < 1.29 is 17.6 Å². The van der Waals surface area contributed by atoms with Crippen molar-refractivity contribution in [1.29, 1.82) is 0 Å². The standard InChI is InChI=1S/C12H15FN2O3S/c13-9-2-3-11(14)10(8-9)12(16)15-4-1-6-19(17,18)7-5-15/h2-3,8H,1,4-7,14H2. The minimum absolute atomic E-state index is 0.0615. The summed E-state index contributed by atoms with van der Waals surface area (Å²) in [7, 11) is -3.09. The molecule has 0 aliphatic carbocycles. The molecule has 1 fully saturated rings. The van der Waals surface area contributed by atoms with Gasteiger partial charge >= 0.3 is 0 Å². The van der Waals surface area contributed by atoms with Crippen LogP contribution in [0.5, 0.6) is 0 Å². The number of nitrogens with zero attached hydrogens (tertiary/aromatic N) is 1. The molecule has 1 aliphatic heterocycles. The Balaban J connectivity index is 2.22. The van der Waals surface area contributed by atoms with E-state index >= 15 is 0 Å². The summed E-state index contributed by atoms with van der Waals surface area (Å²) in [5.41, 5.74) is 5.93. The van der Waals surface area contributed by atoms with Crippen LogP contribution in [0.15, 0.2) is 18.2 Å². The topological polar surface area (TPSA) is 80.5 Å². The minimum Gasteiger partial charge on any atom is -0.398 e. The first kappa shape index (κ1) is 13.8. The van der Waals surface area contributed by atoms with Crippen molar-refractivity contribution in [2.75, 3.05) is 30.3 Å². The summed E-state index contributed by atoms with van der Waals surface area (Å²) in [6.07, 6.45) is 0.392. The highest BCUT2D eigenvalue weighted by atomic mass is 32.2. The summed E-state index contributed by atoms with van der Waals surface area (Å²) in [6.45, 7) is 0.463. The lowest BCUT2D eigenvalue weighted by atomic mass is 10.1. The number of carbonyl (C=O) groups is 1. The lowest BCUT2D eigenvalue weighted by molar-refractivity contribution is 0.0769. The maximum atomic E-state index is 13.2. The van der Waals surface area contributed by atoms with Gasteiger partial charge in [-0.05, 0) is 24.6 Å². The molecule has 1 aliphatic rings. The Hall–Kier alpha value is -1.63. The maximum Gasteiger partial charge on any atom is 0.256 e. The van der Waals surface area contributed by atoms with Crippen molar-refractivity contribution in [3.63, 3.8) is 0 Å². The Morgan fingerprint density at radius 2 is 2.00 bits per heavy atom. The summed E-state index contributed by atoms with van der Waals surface area (Å²) < 4.78 is 36.1. The number of nitrogens with two attached hydrogens (primary N) is 1. The highest BCUT2D eigenvalue weighted by Crippen LogP contribution is 2.17. The number of rotatable bonds is 1. The van der Waals surface area contributed by atoms with Crippen LogP contribution in [0.25, 0.3) is 0 Å². The molecule has 0 bridgehead atoms. The molecule has 104 valence electrons. The molecule has 0 spiro atoms. The molecule has 0 atom stereocenters. The van der Waals surface area contributed by atoms with E-state index in [1.807, 2.05) is 0 Å². The predicted octanol–water partition coefficient (Wildman–Crippen LogP) is 0.669. The highest BCUT2D eigenvalue weighted by Gasteiger charge is 2.24. The number of sulfone groups is 1. The third-order valence-corrected chi connectivity index (χ3v) is 4.80. The van der Waals surface area contributed by atoms with E-state index in [-0.39, 0.29) is 29.3 Å². The van der Waals surface area contributed by atoms with Crippen LogP contribution in [0.1, 0.15) is 16.8 Å². The molecule has 1 amide bonds. The second-order valence-corrected chi connectivity index (χ2v) is 6.83. The number of carbonyl (C=O) groups excluding carboxylic acids is 1. The van der Waals surface area contributed by atoms with Crippen LogP contribution in [-0.4, -0.2) is 43.8 Å². The zero-order valence-corrected chi connectivity index (χ0v) is 11.1. The molecule has 1 aromatic carbocycles. The van der Waals surface area contributed by atoms with Gasteiger partial charge in [-0.2, -0.15) is 0 Å². The lowest BCUT2D eigenvalue weighted by Gasteiger charge is -2.20. The predicted molar refractivity (Wildman–Crippen MR) is 70.0 cm³/mol. The molecule has 19 heavy (non-hydrogen) atoms. The molecule has 7 heteroatoms. The van der Waals surface area contributed by atoms with Gasteiger partial charge in [-0.3, -0.25) is 4.79 Å². The number of halogens is 1. The normalized spacial score (nSPS) is 18.9. The fourth-order valence-corrected chi connectivity index (χ4v) is 3.30. The molecule has 0 unspecified atom stereocenters. The Kier molecular flexibility index (Phi) is 3.75. The Labute approximate surface area is 111 Å². The second kappa shape index (κ2) is 5.16. The monoisotopic (exact) mass is 286 g/mol. The van der Waals surface area contributed by atoms with E-state index in [4.69, 9.17) is 5.73 Å². The van der Waals surface area contributed by atoms with Crippen molar-refractivity contribution in [2.24, 2.45) is 0 Å². The molecule has 0 aromatic heterocycles. The van der Waals surface area contributed by atoms with Crippen molar-refractivity contribution in [3.8, 4) is 0 Å². The number of anilines is 1. The van der Waals surface area contributed by atoms with Crippen molar-refractivity contribution >= 4 is 21.4 Å². The van der Waals surface area contributed by atoms with E-state index in [9.17, 15) is 17.6 Å². The molecule has 1 saturated heterocycles. The van der Waals surface area contributed by atoms with Crippen LogP contribution in [0.4, 0.5) is 10.1 Å². The molecule has 2 N–H and O–H groups in total. The van der Waals surface area contributed by atoms with E-state index in [0.29, 0.717) is 13.0 Å². The van der Waals surface area contributed by atoms with Gasteiger partial charge in [0.1, 0.15) is 5.82 Å². The number of amides is 1. The van der Waals surface area contributed by atoms with Gasteiger partial charge in [-0.1, -0.05) is 0 Å². The van der Waals surface area contributed by atoms with Gasteiger partial charge in [0.15, 0.2) is 9.84 Å². The quantitative estimate of drug-likeness (QED) is 0.769. The van der Waals surface area contributed by atoms with Gasteiger partial charge in [0.2, 0.25) is 0 Å².